The molecular formula is C21H24FN2+. The van der Waals surface area contributed by atoms with E-state index in [2.05, 4.69) is 37.0 Å². The lowest BCUT2D eigenvalue weighted by molar-refractivity contribution is -0.662. The Hall–Kier alpha value is -2.29. The number of aryl methyl sites for hydroxylation is 3. The van der Waals surface area contributed by atoms with Crippen LogP contribution in [0.4, 0.5) is 4.39 Å². The fourth-order valence-corrected chi connectivity index (χ4v) is 3.32. The Kier molecular flexibility index (Phi) is 4.35. The fraction of sp³-hybridized carbons (Fsp3) is 0.333. The molecule has 3 heteroatoms. The Morgan fingerprint density at radius 1 is 1.08 bits per heavy atom. The molecule has 0 bridgehead atoms. The summed E-state index contributed by atoms with van der Waals surface area (Å²) >= 11 is 0. The van der Waals surface area contributed by atoms with Crippen molar-refractivity contribution >= 4 is 10.9 Å². The van der Waals surface area contributed by atoms with Crippen molar-refractivity contribution < 1.29 is 8.96 Å². The number of hydrogen-bond acceptors (Lipinski definition) is 1. The van der Waals surface area contributed by atoms with Crippen molar-refractivity contribution in [1.29, 1.82) is 0 Å². The van der Waals surface area contributed by atoms with E-state index in [0.717, 1.165) is 28.6 Å². The first-order valence-electron chi connectivity index (χ1n) is 8.41. The number of rotatable bonds is 3. The lowest BCUT2D eigenvalue weighted by Crippen LogP contribution is -2.31. The highest BCUT2D eigenvalue weighted by Gasteiger charge is 2.17. The predicted octanol–water partition coefficient (Wildman–Crippen LogP) is 4.68. The van der Waals surface area contributed by atoms with Crippen molar-refractivity contribution in [2.24, 2.45) is 13.0 Å². The monoisotopic (exact) mass is 323 g/mol. The van der Waals surface area contributed by atoms with E-state index in [1.165, 1.54) is 5.56 Å². The van der Waals surface area contributed by atoms with Crippen LogP contribution in [0.2, 0.25) is 0 Å². The van der Waals surface area contributed by atoms with Crippen LogP contribution < -0.4 is 4.57 Å². The Morgan fingerprint density at radius 3 is 2.38 bits per heavy atom. The molecule has 1 aromatic heterocycles. The largest absolute Gasteiger partial charge is 0.287 e. The summed E-state index contributed by atoms with van der Waals surface area (Å²) in [5.41, 5.74) is 5.73. The molecule has 0 aliphatic carbocycles. The molecule has 0 unspecified atom stereocenters. The van der Waals surface area contributed by atoms with Crippen molar-refractivity contribution in [3.8, 4) is 11.3 Å². The van der Waals surface area contributed by atoms with Crippen molar-refractivity contribution in [2.45, 2.75) is 34.1 Å². The van der Waals surface area contributed by atoms with E-state index in [4.69, 9.17) is 0 Å². The molecule has 2 aromatic carbocycles. The average Bonchev–Trinajstić information content (AvgIpc) is 2.51. The maximum absolute atomic E-state index is 14.0. The highest BCUT2D eigenvalue weighted by Crippen LogP contribution is 2.28. The van der Waals surface area contributed by atoms with Gasteiger partial charge < -0.3 is 0 Å². The minimum Gasteiger partial charge on any atom is -0.232 e. The van der Waals surface area contributed by atoms with Crippen LogP contribution in [0, 0.1) is 25.6 Å². The summed E-state index contributed by atoms with van der Waals surface area (Å²) in [6.45, 7) is 8.07. The van der Waals surface area contributed by atoms with Gasteiger partial charge in [-0.25, -0.2) is 8.96 Å². The highest BCUT2D eigenvalue weighted by atomic mass is 19.1. The predicted molar refractivity (Wildman–Crippen MR) is 96.3 cm³/mol. The normalized spacial score (nSPS) is 11.5. The molecule has 0 saturated carbocycles. The van der Waals surface area contributed by atoms with Crippen molar-refractivity contribution in [3.05, 3.63) is 59.2 Å². The summed E-state index contributed by atoms with van der Waals surface area (Å²) in [4.78, 5) is 4.59. The van der Waals surface area contributed by atoms with Crippen LogP contribution >= 0.6 is 0 Å². The first-order valence-corrected chi connectivity index (χ1v) is 8.41. The van der Waals surface area contributed by atoms with Crippen LogP contribution in [0.15, 0.2) is 36.7 Å². The van der Waals surface area contributed by atoms with Crippen LogP contribution in [0.5, 0.6) is 0 Å². The maximum Gasteiger partial charge on any atom is 0.287 e. The van der Waals surface area contributed by atoms with E-state index in [9.17, 15) is 4.39 Å². The second-order valence-corrected chi connectivity index (χ2v) is 7.08. The van der Waals surface area contributed by atoms with Gasteiger partial charge in [-0.1, -0.05) is 19.9 Å². The van der Waals surface area contributed by atoms with Crippen LogP contribution in [-0.4, -0.2) is 4.98 Å². The van der Waals surface area contributed by atoms with Gasteiger partial charge in [-0.2, -0.15) is 0 Å². The highest BCUT2D eigenvalue weighted by molar-refractivity contribution is 5.91. The van der Waals surface area contributed by atoms with Crippen molar-refractivity contribution in [2.75, 3.05) is 0 Å². The van der Waals surface area contributed by atoms with Gasteiger partial charge >= 0.3 is 0 Å². The van der Waals surface area contributed by atoms with E-state index >= 15 is 0 Å². The molecule has 0 saturated heterocycles. The van der Waals surface area contributed by atoms with Gasteiger partial charge in [0.05, 0.1) is 12.4 Å². The minimum atomic E-state index is -0.126. The molecule has 3 rings (SSSR count). The van der Waals surface area contributed by atoms with Gasteiger partial charge in [0.25, 0.3) is 6.33 Å². The molecule has 1 heterocycles. The minimum absolute atomic E-state index is 0.126. The molecule has 3 aromatic rings. The van der Waals surface area contributed by atoms with E-state index < -0.39 is 0 Å². The first kappa shape index (κ1) is 16.6. The first-order chi connectivity index (χ1) is 11.4. The molecule has 24 heavy (non-hydrogen) atoms. The fourth-order valence-electron chi connectivity index (χ4n) is 3.32. The Bertz CT molecular complexity index is 890. The summed E-state index contributed by atoms with van der Waals surface area (Å²) in [6, 6.07) is 10.3. The molecule has 0 fully saturated rings. The summed E-state index contributed by atoms with van der Waals surface area (Å²) in [6.07, 6.45) is 2.88. The Morgan fingerprint density at radius 2 is 1.75 bits per heavy atom. The lowest BCUT2D eigenvalue weighted by atomic mass is 9.98. The zero-order chi connectivity index (χ0) is 17.4. The quantitative estimate of drug-likeness (QED) is 0.639. The molecule has 2 nitrogen and oxygen atoms in total. The molecular weight excluding hydrogens is 299 g/mol. The van der Waals surface area contributed by atoms with Crippen LogP contribution in [0.1, 0.15) is 30.5 Å². The van der Waals surface area contributed by atoms with Crippen molar-refractivity contribution in [3.63, 3.8) is 0 Å². The number of hydrogen-bond donors (Lipinski definition) is 0. The zero-order valence-electron chi connectivity index (χ0n) is 15.0. The average molecular weight is 323 g/mol. The molecule has 0 N–H and O–H groups in total. The standard InChI is InChI=1S/C21H24FN2/c1-13(2)8-16-6-7-18-19(11-16)23-12-24(5)21(18)17-9-14(3)20(22)15(4)10-17/h6-7,9-13H,8H2,1-5H3/q+1. The zero-order valence-corrected chi connectivity index (χ0v) is 15.0. The van der Waals surface area contributed by atoms with Crippen molar-refractivity contribution in [1.82, 2.24) is 4.98 Å². The molecule has 124 valence electrons. The molecule has 0 radical (unpaired) electrons. The Balaban J connectivity index is 2.22. The van der Waals surface area contributed by atoms with E-state index in [-0.39, 0.29) is 5.82 Å². The van der Waals surface area contributed by atoms with E-state index in [1.54, 1.807) is 0 Å². The summed E-state index contributed by atoms with van der Waals surface area (Å²) in [5, 5.41) is 1.10. The maximum atomic E-state index is 14.0. The van der Waals surface area contributed by atoms with Gasteiger partial charge in [-0.3, -0.25) is 0 Å². The topological polar surface area (TPSA) is 16.8 Å². The smallest absolute Gasteiger partial charge is 0.232 e. The Labute approximate surface area is 143 Å². The lowest BCUT2D eigenvalue weighted by Gasteiger charge is -2.10. The third-order valence-electron chi connectivity index (χ3n) is 4.39. The number of benzene rings is 2. The third-order valence-corrected chi connectivity index (χ3v) is 4.39. The van der Waals surface area contributed by atoms with Gasteiger partial charge in [0.15, 0.2) is 5.52 Å². The van der Waals surface area contributed by atoms with Crippen LogP contribution in [0.25, 0.3) is 22.2 Å². The number of fused-ring (bicyclic) bond motifs is 1. The molecule has 0 aliphatic heterocycles. The molecule has 0 atom stereocenters. The van der Waals surface area contributed by atoms with E-state index in [0.29, 0.717) is 17.0 Å². The van der Waals surface area contributed by atoms with Crippen LogP contribution in [0.3, 0.4) is 0 Å². The van der Waals surface area contributed by atoms with Gasteiger partial charge in [0, 0.05) is 5.56 Å². The summed E-state index contributed by atoms with van der Waals surface area (Å²) in [5.74, 6) is 0.489. The van der Waals surface area contributed by atoms with Crippen LogP contribution in [-0.2, 0) is 13.5 Å². The second kappa shape index (κ2) is 6.31. The number of aromatic nitrogens is 2. The number of nitrogens with zero attached hydrogens (tertiary/aromatic N) is 2. The third kappa shape index (κ3) is 3.03. The van der Waals surface area contributed by atoms with Gasteiger partial charge in [0.2, 0.25) is 0 Å². The van der Waals surface area contributed by atoms with Gasteiger partial charge in [-0.15, -0.1) is 0 Å². The molecule has 0 spiro atoms. The second-order valence-electron chi connectivity index (χ2n) is 7.08. The molecule has 0 aliphatic rings. The van der Waals surface area contributed by atoms with Gasteiger partial charge in [-0.05, 0) is 72.1 Å². The van der Waals surface area contributed by atoms with E-state index in [1.807, 2.05) is 43.9 Å². The number of halogens is 1. The summed E-state index contributed by atoms with van der Waals surface area (Å²) in [7, 11) is 1.98. The summed E-state index contributed by atoms with van der Waals surface area (Å²) < 4.78 is 16.0. The molecule has 0 amide bonds. The SMILES string of the molecule is Cc1cc(-c2c3ccc(CC(C)C)cc3nc[n+]2C)cc(C)c1F. The van der Waals surface area contributed by atoms with Gasteiger partial charge in [0.1, 0.15) is 11.5 Å².